The van der Waals surface area contributed by atoms with Crippen molar-refractivity contribution in [3.05, 3.63) is 72.3 Å². The van der Waals surface area contributed by atoms with Crippen LogP contribution in [0.15, 0.2) is 61.2 Å². The van der Waals surface area contributed by atoms with Crippen molar-refractivity contribution in [2.75, 3.05) is 13.1 Å². The van der Waals surface area contributed by atoms with Gasteiger partial charge in [0, 0.05) is 37.6 Å². The molecule has 2 aromatic carbocycles. The number of hydrogen-bond acceptors (Lipinski definition) is 3. The summed E-state index contributed by atoms with van der Waals surface area (Å²) in [6, 6.07) is 15.6. The summed E-state index contributed by atoms with van der Waals surface area (Å²) < 4.78 is 8.75. The molecule has 0 aliphatic carbocycles. The van der Waals surface area contributed by atoms with Gasteiger partial charge in [-0.05, 0) is 80.8 Å². The minimum Gasteiger partial charge on any atom is -0.487 e. The Kier molecular flexibility index (Phi) is 5.13. The molecule has 0 atom stereocenters. The van der Waals surface area contributed by atoms with Crippen molar-refractivity contribution in [2.24, 2.45) is 0 Å². The number of rotatable bonds is 3. The molecule has 1 fully saturated rings. The van der Waals surface area contributed by atoms with Crippen molar-refractivity contribution in [2.45, 2.75) is 64.1 Å². The third-order valence-electron chi connectivity index (χ3n) is 7.07. The van der Waals surface area contributed by atoms with Gasteiger partial charge in [0.1, 0.15) is 11.4 Å². The van der Waals surface area contributed by atoms with Crippen LogP contribution in [-0.2, 0) is 13.0 Å². The molecule has 4 heteroatoms. The molecule has 0 bridgehead atoms. The van der Waals surface area contributed by atoms with Crippen LogP contribution in [0.3, 0.4) is 0 Å². The summed E-state index contributed by atoms with van der Waals surface area (Å²) in [6.07, 6.45) is 10.2. The molecule has 5 rings (SSSR count). The summed E-state index contributed by atoms with van der Waals surface area (Å²) in [6.45, 7) is 10.0. The number of ether oxygens (including phenoxy) is 1. The minimum absolute atomic E-state index is 0.0330. The zero-order chi connectivity index (χ0) is 21.5. The summed E-state index contributed by atoms with van der Waals surface area (Å²) in [7, 11) is 0. The van der Waals surface area contributed by atoms with E-state index in [2.05, 4.69) is 77.7 Å². The van der Waals surface area contributed by atoms with Crippen LogP contribution in [0.4, 0.5) is 0 Å². The van der Waals surface area contributed by atoms with Gasteiger partial charge in [0.05, 0.1) is 6.33 Å². The van der Waals surface area contributed by atoms with Gasteiger partial charge in [0.25, 0.3) is 0 Å². The van der Waals surface area contributed by atoms with Gasteiger partial charge < -0.3 is 9.30 Å². The van der Waals surface area contributed by atoms with Gasteiger partial charge in [0.15, 0.2) is 0 Å². The number of benzene rings is 2. The Morgan fingerprint density at radius 1 is 0.968 bits per heavy atom. The lowest BCUT2D eigenvalue weighted by Gasteiger charge is -2.48. The van der Waals surface area contributed by atoms with E-state index in [-0.39, 0.29) is 11.1 Å². The predicted octanol–water partition coefficient (Wildman–Crippen LogP) is 5.56. The predicted molar refractivity (Wildman–Crippen MR) is 125 cm³/mol. The van der Waals surface area contributed by atoms with E-state index >= 15 is 0 Å². The van der Waals surface area contributed by atoms with E-state index in [0.717, 1.165) is 51.1 Å². The lowest BCUT2D eigenvalue weighted by Crippen LogP contribution is -2.54. The van der Waals surface area contributed by atoms with Gasteiger partial charge in [-0.25, -0.2) is 4.98 Å². The molecule has 31 heavy (non-hydrogen) atoms. The molecule has 1 aromatic heterocycles. The topological polar surface area (TPSA) is 30.3 Å². The Hall–Kier alpha value is -2.59. The highest BCUT2D eigenvalue weighted by molar-refractivity contribution is 5.66. The number of piperidine rings is 1. The summed E-state index contributed by atoms with van der Waals surface area (Å²) in [5, 5.41) is 0. The lowest BCUT2D eigenvalue weighted by molar-refractivity contribution is -0.0355. The average molecular weight is 416 g/mol. The first-order valence-corrected chi connectivity index (χ1v) is 11.5. The van der Waals surface area contributed by atoms with Gasteiger partial charge in [-0.2, -0.15) is 0 Å². The second-order valence-corrected chi connectivity index (χ2v) is 10.2. The van der Waals surface area contributed by atoms with E-state index < -0.39 is 0 Å². The molecule has 1 saturated heterocycles. The smallest absolute Gasteiger partial charge is 0.123 e. The lowest BCUT2D eigenvalue weighted by atomic mass is 9.81. The molecule has 3 aromatic rings. The molecule has 0 saturated carbocycles. The Morgan fingerprint density at radius 3 is 2.39 bits per heavy atom. The number of fused-ring (bicyclic) bond motifs is 1. The summed E-state index contributed by atoms with van der Waals surface area (Å²) in [5.74, 6) is 1.09. The van der Waals surface area contributed by atoms with Gasteiger partial charge in [0.2, 0.25) is 0 Å². The Bertz CT molecular complexity index is 1020. The normalized spacial score (nSPS) is 18.5. The van der Waals surface area contributed by atoms with Crippen molar-refractivity contribution in [3.63, 3.8) is 0 Å². The molecule has 162 valence electrons. The number of nitrogens with zero attached hydrogens (tertiary/aromatic N) is 3. The summed E-state index contributed by atoms with van der Waals surface area (Å²) >= 11 is 0. The molecule has 1 spiro atoms. The Balaban J connectivity index is 1.28. The first kappa shape index (κ1) is 20.3. The fourth-order valence-corrected chi connectivity index (χ4v) is 5.03. The first-order chi connectivity index (χ1) is 14.9. The molecule has 2 aliphatic heterocycles. The highest BCUT2D eigenvalue weighted by atomic mass is 16.5. The first-order valence-electron chi connectivity index (χ1n) is 11.5. The van der Waals surface area contributed by atoms with Crippen LogP contribution >= 0.6 is 0 Å². The second-order valence-electron chi connectivity index (χ2n) is 10.2. The van der Waals surface area contributed by atoms with E-state index in [1.807, 2.05) is 18.7 Å². The van der Waals surface area contributed by atoms with E-state index in [9.17, 15) is 0 Å². The number of aromatic nitrogens is 2. The van der Waals surface area contributed by atoms with Crippen LogP contribution < -0.4 is 4.74 Å². The molecule has 2 aliphatic rings. The zero-order valence-electron chi connectivity index (χ0n) is 19.0. The van der Waals surface area contributed by atoms with Crippen LogP contribution in [0.2, 0.25) is 0 Å². The number of hydrogen-bond donors (Lipinski definition) is 0. The molecule has 0 amide bonds. The quantitative estimate of drug-likeness (QED) is 0.561. The fraction of sp³-hybridized carbons (Fsp3) is 0.444. The summed E-state index contributed by atoms with van der Waals surface area (Å²) in [4.78, 5) is 6.71. The molecule has 4 nitrogen and oxygen atoms in total. The molecule has 0 N–H and O–H groups in total. The van der Waals surface area contributed by atoms with Crippen molar-refractivity contribution in [3.8, 4) is 16.9 Å². The van der Waals surface area contributed by atoms with Crippen LogP contribution in [0.5, 0.6) is 5.75 Å². The highest BCUT2D eigenvalue weighted by Gasteiger charge is 2.41. The molecular formula is C27H33N3O. The standard InChI is InChI=1S/C27H33N3O/c1-26(2,3)30-15-12-27(13-16-30)11-10-24-18-23(8-9-25(24)31-27)22-6-4-21(5-7-22)19-29-17-14-28-20-29/h4-9,14,17-18,20H,10-13,15-16,19H2,1-3H3. The van der Waals surface area contributed by atoms with Crippen LogP contribution in [0.25, 0.3) is 11.1 Å². The maximum Gasteiger partial charge on any atom is 0.123 e. The average Bonchev–Trinajstić information content (AvgIpc) is 3.27. The van der Waals surface area contributed by atoms with Crippen molar-refractivity contribution < 1.29 is 4.74 Å². The fourth-order valence-electron chi connectivity index (χ4n) is 5.03. The molecule has 0 unspecified atom stereocenters. The van der Waals surface area contributed by atoms with E-state index in [4.69, 9.17) is 4.74 Å². The molecular weight excluding hydrogens is 382 g/mol. The third kappa shape index (κ3) is 4.27. The van der Waals surface area contributed by atoms with Gasteiger partial charge in [-0.15, -0.1) is 0 Å². The van der Waals surface area contributed by atoms with Crippen molar-refractivity contribution in [1.29, 1.82) is 0 Å². The molecule has 0 radical (unpaired) electrons. The molecule has 3 heterocycles. The Labute approximate surface area is 185 Å². The van der Waals surface area contributed by atoms with E-state index in [1.54, 1.807) is 0 Å². The highest BCUT2D eigenvalue weighted by Crippen LogP contribution is 2.41. The second kappa shape index (κ2) is 7.83. The SMILES string of the molecule is CC(C)(C)N1CCC2(CCc3cc(-c4ccc(Cn5ccnc5)cc4)ccc3O2)CC1. The minimum atomic E-state index is 0.0330. The van der Waals surface area contributed by atoms with Crippen molar-refractivity contribution in [1.82, 2.24) is 14.5 Å². The maximum atomic E-state index is 6.65. The van der Waals surface area contributed by atoms with Gasteiger partial charge in [-0.1, -0.05) is 30.3 Å². The number of imidazole rings is 1. The van der Waals surface area contributed by atoms with Crippen LogP contribution in [-0.4, -0.2) is 38.7 Å². The largest absolute Gasteiger partial charge is 0.487 e. The third-order valence-corrected chi connectivity index (χ3v) is 7.07. The van der Waals surface area contributed by atoms with Crippen molar-refractivity contribution >= 4 is 0 Å². The maximum absolute atomic E-state index is 6.65. The zero-order valence-corrected chi connectivity index (χ0v) is 19.0. The van der Waals surface area contributed by atoms with Crippen LogP contribution in [0.1, 0.15) is 51.2 Å². The van der Waals surface area contributed by atoms with Gasteiger partial charge in [-0.3, -0.25) is 4.90 Å². The van der Waals surface area contributed by atoms with E-state index in [1.165, 1.54) is 22.3 Å². The number of likely N-dealkylation sites (tertiary alicyclic amines) is 1. The van der Waals surface area contributed by atoms with Gasteiger partial charge >= 0.3 is 0 Å². The monoisotopic (exact) mass is 415 g/mol. The van der Waals surface area contributed by atoms with Crippen LogP contribution in [0, 0.1) is 0 Å². The summed E-state index contributed by atoms with van der Waals surface area (Å²) in [5.41, 5.74) is 5.45. The number of aryl methyl sites for hydroxylation is 1. The Morgan fingerprint density at radius 2 is 1.71 bits per heavy atom. The van der Waals surface area contributed by atoms with E-state index in [0.29, 0.717) is 0 Å².